The van der Waals surface area contributed by atoms with Crippen molar-refractivity contribution in [2.24, 2.45) is 0 Å². The molecule has 0 radical (unpaired) electrons. The maximum absolute atomic E-state index is 10.8. The lowest BCUT2D eigenvalue weighted by Crippen LogP contribution is -2.05. The van der Waals surface area contributed by atoms with Crippen molar-refractivity contribution in [3.8, 4) is 11.1 Å². The van der Waals surface area contributed by atoms with Gasteiger partial charge < -0.3 is 4.74 Å². The van der Waals surface area contributed by atoms with Gasteiger partial charge in [0.15, 0.2) is 5.56 Å². The summed E-state index contributed by atoms with van der Waals surface area (Å²) in [5.74, 6) is -0.554. The number of ether oxygens (including phenoxy) is 1. The van der Waals surface area contributed by atoms with Gasteiger partial charge in [0, 0.05) is 6.92 Å². The van der Waals surface area contributed by atoms with Gasteiger partial charge in [0.1, 0.15) is 6.07 Å². The third-order valence-electron chi connectivity index (χ3n) is 1.02. The van der Waals surface area contributed by atoms with Crippen LogP contribution >= 0.6 is 11.5 Å². The molecule has 1 N–H and O–H groups in total. The Bertz CT molecular complexity index is 398. The molecule has 6 heteroatoms. The van der Waals surface area contributed by atoms with Crippen molar-refractivity contribution in [2.45, 2.75) is 6.92 Å². The summed E-state index contributed by atoms with van der Waals surface area (Å²) in [6.07, 6.45) is 0. The summed E-state index contributed by atoms with van der Waals surface area (Å²) < 4.78 is 6.86. The molecular weight excluding hydrogens is 180 g/mol. The Morgan fingerprint density at radius 1 is 1.75 bits per heavy atom. The van der Waals surface area contributed by atoms with Crippen LogP contribution in [0.1, 0.15) is 12.5 Å². The summed E-state index contributed by atoms with van der Waals surface area (Å²) in [6, 6.07) is 1.64. The summed E-state index contributed by atoms with van der Waals surface area (Å²) >= 11 is 0.826. The first-order valence-corrected chi connectivity index (χ1v) is 3.76. The molecule has 12 heavy (non-hydrogen) atoms. The molecular formula is C6H4N2O3S. The average Bonchev–Trinajstić information content (AvgIpc) is 2.30. The van der Waals surface area contributed by atoms with Crippen molar-refractivity contribution < 1.29 is 9.53 Å². The standard InChI is InChI=1S/C6H4N2O3S/c1-3(9)11-6-4(2-7)5(10)8-12-6/h1H3,(H,8,10). The van der Waals surface area contributed by atoms with Crippen LogP contribution in [0.15, 0.2) is 4.79 Å². The fourth-order valence-electron chi connectivity index (χ4n) is 0.586. The zero-order valence-electron chi connectivity index (χ0n) is 6.08. The molecule has 0 unspecified atom stereocenters. The van der Waals surface area contributed by atoms with E-state index in [9.17, 15) is 9.59 Å². The fraction of sp³-hybridized carbons (Fsp3) is 0.167. The SMILES string of the molecule is CC(=O)Oc1s[nH]c(=O)c1C#N. The van der Waals surface area contributed by atoms with E-state index in [1.807, 2.05) is 0 Å². The van der Waals surface area contributed by atoms with Crippen LogP contribution in [0.3, 0.4) is 0 Å². The Balaban J connectivity index is 3.10. The zero-order valence-corrected chi connectivity index (χ0v) is 6.90. The topological polar surface area (TPSA) is 83.0 Å². The Morgan fingerprint density at radius 2 is 2.42 bits per heavy atom. The van der Waals surface area contributed by atoms with Gasteiger partial charge in [-0.25, -0.2) is 0 Å². The second-order valence-electron chi connectivity index (χ2n) is 1.90. The summed E-state index contributed by atoms with van der Waals surface area (Å²) in [4.78, 5) is 21.2. The number of carbonyl (C=O) groups excluding carboxylic acids is 1. The number of aromatic nitrogens is 1. The predicted octanol–water partition coefficient (Wildman–Crippen LogP) is 0.233. The number of H-pyrrole nitrogens is 1. The molecule has 0 saturated heterocycles. The number of carbonyl (C=O) groups is 1. The highest BCUT2D eigenvalue weighted by molar-refractivity contribution is 7.08. The van der Waals surface area contributed by atoms with Crippen LogP contribution in [-0.2, 0) is 4.79 Å². The second-order valence-corrected chi connectivity index (χ2v) is 2.68. The molecule has 1 heterocycles. The third-order valence-corrected chi connectivity index (χ3v) is 1.78. The first-order valence-electron chi connectivity index (χ1n) is 2.95. The molecule has 62 valence electrons. The molecule has 1 aromatic rings. The van der Waals surface area contributed by atoms with Crippen molar-refractivity contribution >= 4 is 17.5 Å². The third kappa shape index (κ3) is 1.52. The average molecular weight is 184 g/mol. The summed E-state index contributed by atoms with van der Waals surface area (Å²) in [5.41, 5.74) is -0.686. The molecule has 1 rings (SSSR count). The van der Waals surface area contributed by atoms with Crippen LogP contribution in [0.4, 0.5) is 0 Å². The number of nitrogens with one attached hydrogen (secondary N) is 1. The largest absolute Gasteiger partial charge is 0.412 e. The Labute approximate surface area is 71.4 Å². The molecule has 1 aromatic heterocycles. The van der Waals surface area contributed by atoms with Gasteiger partial charge in [-0.15, -0.1) is 0 Å². The normalized spacial score (nSPS) is 9.00. The number of hydrogen-bond donors (Lipinski definition) is 1. The molecule has 0 aromatic carbocycles. The quantitative estimate of drug-likeness (QED) is 0.633. The van der Waals surface area contributed by atoms with Gasteiger partial charge >= 0.3 is 5.97 Å². The number of nitriles is 1. The van der Waals surface area contributed by atoms with E-state index in [0.717, 1.165) is 11.5 Å². The lowest BCUT2D eigenvalue weighted by atomic mass is 10.4. The predicted molar refractivity (Wildman–Crippen MR) is 41.0 cm³/mol. The molecule has 0 aliphatic heterocycles. The van der Waals surface area contributed by atoms with E-state index < -0.39 is 11.5 Å². The molecule has 0 bridgehead atoms. The van der Waals surface area contributed by atoms with Crippen molar-refractivity contribution in [1.82, 2.24) is 4.37 Å². The minimum Gasteiger partial charge on any atom is -0.412 e. The minimum atomic E-state index is -0.554. The van der Waals surface area contributed by atoms with Gasteiger partial charge in [-0.05, 0) is 11.5 Å². The van der Waals surface area contributed by atoms with Crippen LogP contribution in [0.5, 0.6) is 5.06 Å². The summed E-state index contributed by atoms with van der Waals surface area (Å²) in [7, 11) is 0. The first kappa shape index (κ1) is 8.49. The van der Waals surface area contributed by atoms with Gasteiger partial charge in [-0.3, -0.25) is 14.0 Å². The Hall–Kier alpha value is -1.61. The highest BCUT2D eigenvalue weighted by Crippen LogP contribution is 2.18. The monoisotopic (exact) mass is 184 g/mol. The van der Waals surface area contributed by atoms with Crippen LogP contribution in [0, 0.1) is 11.3 Å². The molecule has 5 nitrogen and oxygen atoms in total. The highest BCUT2D eigenvalue weighted by Gasteiger charge is 2.12. The van der Waals surface area contributed by atoms with Gasteiger partial charge in [-0.2, -0.15) is 5.26 Å². The minimum absolute atomic E-state index is 0.0231. The van der Waals surface area contributed by atoms with Crippen LogP contribution < -0.4 is 10.3 Å². The molecule has 0 saturated carbocycles. The van der Waals surface area contributed by atoms with Crippen molar-refractivity contribution in [2.75, 3.05) is 0 Å². The van der Waals surface area contributed by atoms with Gasteiger partial charge in [0.2, 0.25) is 5.06 Å². The maximum atomic E-state index is 10.8. The number of hydrogen-bond acceptors (Lipinski definition) is 5. The van der Waals surface area contributed by atoms with E-state index in [1.54, 1.807) is 6.07 Å². The van der Waals surface area contributed by atoms with E-state index in [-0.39, 0.29) is 10.6 Å². The first-order chi connectivity index (χ1) is 5.65. The molecule has 0 spiro atoms. The summed E-state index contributed by atoms with van der Waals surface area (Å²) in [5, 5.41) is 8.47. The number of nitrogens with zero attached hydrogens (tertiary/aromatic N) is 1. The molecule has 0 atom stereocenters. The summed E-state index contributed by atoms with van der Waals surface area (Å²) in [6.45, 7) is 1.20. The Kier molecular flexibility index (Phi) is 2.26. The number of aromatic amines is 1. The van der Waals surface area contributed by atoms with Crippen molar-refractivity contribution in [3.05, 3.63) is 15.9 Å². The number of rotatable bonds is 1. The van der Waals surface area contributed by atoms with E-state index >= 15 is 0 Å². The van der Waals surface area contributed by atoms with Gasteiger partial charge in [-0.1, -0.05) is 0 Å². The molecule has 0 fully saturated rings. The smallest absolute Gasteiger partial charge is 0.308 e. The molecule has 0 aliphatic carbocycles. The van der Waals surface area contributed by atoms with E-state index in [4.69, 9.17) is 5.26 Å². The van der Waals surface area contributed by atoms with E-state index in [0.29, 0.717) is 0 Å². The van der Waals surface area contributed by atoms with Crippen LogP contribution in [0.2, 0.25) is 0 Å². The van der Waals surface area contributed by atoms with E-state index in [2.05, 4.69) is 9.11 Å². The molecule has 0 aliphatic rings. The number of esters is 1. The highest BCUT2D eigenvalue weighted by atomic mass is 32.1. The van der Waals surface area contributed by atoms with Crippen molar-refractivity contribution in [1.29, 1.82) is 5.26 Å². The second kappa shape index (κ2) is 3.19. The Morgan fingerprint density at radius 3 is 2.92 bits per heavy atom. The maximum Gasteiger partial charge on any atom is 0.308 e. The lowest BCUT2D eigenvalue weighted by molar-refractivity contribution is -0.131. The van der Waals surface area contributed by atoms with Crippen LogP contribution in [-0.4, -0.2) is 10.3 Å². The zero-order chi connectivity index (χ0) is 9.14. The molecule has 0 amide bonds. The van der Waals surface area contributed by atoms with Crippen molar-refractivity contribution in [3.63, 3.8) is 0 Å². The van der Waals surface area contributed by atoms with Crippen LogP contribution in [0.25, 0.3) is 0 Å². The van der Waals surface area contributed by atoms with E-state index in [1.165, 1.54) is 6.92 Å². The van der Waals surface area contributed by atoms with Gasteiger partial charge in [0.25, 0.3) is 5.56 Å². The lowest BCUT2D eigenvalue weighted by Gasteiger charge is -1.92. The fourth-order valence-corrected chi connectivity index (χ4v) is 1.27. The van der Waals surface area contributed by atoms with Gasteiger partial charge in [0.05, 0.1) is 0 Å².